The van der Waals surface area contributed by atoms with Crippen LogP contribution >= 0.6 is 15.9 Å². The summed E-state index contributed by atoms with van der Waals surface area (Å²) in [6.07, 6.45) is 0.912. The van der Waals surface area contributed by atoms with E-state index in [-0.39, 0.29) is 11.2 Å². The van der Waals surface area contributed by atoms with Crippen molar-refractivity contribution in [1.29, 1.82) is 0 Å². The fourth-order valence-electron chi connectivity index (χ4n) is 1.27. The lowest BCUT2D eigenvalue weighted by molar-refractivity contribution is 0.358. The Morgan fingerprint density at radius 2 is 2.12 bits per heavy atom. The molecule has 1 aromatic carbocycles. The molecule has 0 aliphatic rings. The molecule has 0 unspecified atom stereocenters. The third-order valence-electron chi connectivity index (χ3n) is 2.60. The molecule has 3 N–H and O–H groups in total. The molecule has 0 saturated carbocycles. The molecule has 0 heterocycles. The molecule has 0 bridgehead atoms. The van der Waals surface area contributed by atoms with Crippen LogP contribution < -0.4 is 11.1 Å². The number of nitrogens with one attached hydrogen (secondary N) is 1. The number of hydrogen-bond donors (Lipinski definition) is 2. The topological polar surface area (TPSA) is 38.0 Å². The molecule has 0 radical (unpaired) electrons. The van der Waals surface area contributed by atoms with Gasteiger partial charge in [-0.05, 0) is 36.6 Å². The maximum Gasteiger partial charge on any atom is 0.146 e. The Morgan fingerprint density at radius 1 is 1.44 bits per heavy atom. The summed E-state index contributed by atoms with van der Waals surface area (Å²) in [6.45, 7) is 5.56. The van der Waals surface area contributed by atoms with Gasteiger partial charge < -0.3 is 11.1 Å². The zero-order chi connectivity index (χ0) is 12.2. The third kappa shape index (κ3) is 4.10. The minimum Gasteiger partial charge on any atom is -0.383 e. The summed E-state index contributed by atoms with van der Waals surface area (Å²) in [5.41, 5.74) is 6.25. The second-order valence-electron chi connectivity index (χ2n) is 4.67. The predicted octanol–water partition coefficient (Wildman–Crippen LogP) is 3.38. The minimum absolute atomic E-state index is 0.0927. The van der Waals surface area contributed by atoms with Gasteiger partial charge in [0, 0.05) is 11.0 Å². The van der Waals surface area contributed by atoms with Crippen molar-refractivity contribution in [3.05, 3.63) is 28.5 Å². The average Bonchev–Trinajstić information content (AvgIpc) is 2.23. The van der Waals surface area contributed by atoms with Gasteiger partial charge in [-0.15, -0.1) is 0 Å². The highest BCUT2D eigenvalue weighted by atomic mass is 79.9. The van der Waals surface area contributed by atoms with Gasteiger partial charge in [-0.2, -0.15) is 0 Å². The van der Waals surface area contributed by atoms with Crippen molar-refractivity contribution in [2.24, 2.45) is 11.1 Å². The zero-order valence-corrected chi connectivity index (χ0v) is 11.3. The van der Waals surface area contributed by atoms with Crippen molar-refractivity contribution in [2.75, 3.05) is 18.4 Å². The maximum absolute atomic E-state index is 13.4. The molecular formula is C12H18BrFN2. The first-order chi connectivity index (χ1) is 7.44. The molecule has 90 valence electrons. The van der Waals surface area contributed by atoms with Crippen molar-refractivity contribution in [2.45, 2.75) is 20.3 Å². The number of anilines is 1. The van der Waals surface area contributed by atoms with E-state index < -0.39 is 0 Å². The number of benzene rings is 1. The van der Waals surface area contributed by atoms with Gasteiger partial charge in [0.15, 0.2) is 0 Å². The van der Waals surface area contributed by atoms with Crippen molar-refractivity contribution < 1.29 is 4.39 Å². The van der Waals surface area contributed by atoms with Gasteiger partial charge in [0.05, 0.1) is 5.69 Å². The Kier molecular flexibility index (Phi) is 4.74. The monoisotopic (exact) mass is 288 g/mol. The molecule has 0 fully saturated rings. The van der Waals surface area contributed by atoms with E-state index in [1.807, 2.05) is 0 Å². The minimum atomic E-state index is -0.228. The van der Waals surface area contributed by atoms with E-state index in [0.29, 0.717) is 12.2 Å². The summed E-state index contributed by atoms with van der Waals surface area (Å²) >= 11 is 3.31. The van der Waals surface area contributed by atoms with Crippen LogP contribution in [0.1, 0.15) is 20.3 Å². The summed E-state index contributed by atoms with van der Waals surface area (Å²) in [6, 6.07) is 4.87. The van der Waals surface area contributed by atoms with Gasteiger partial charge in [0.25, 0.3) is 0 Å². The van der Waals surface area contributed by atoms with Crippen LogP contribution in [0.2, 0.25) is 0 Å². The molecule has 16 heavy (non-hydrogen) atoms. The van der Waals surface area contributed by atoms with E-state index in [4.69, 9.17) is 5.73 Å². The van der Waals surface area contributed by atoms with Gasteiger partial charge in [-0.1, -0.05) is 29.8 Å². The molecule has 4 heteroatoms. The second kappa shape index (κ2) is 5.64. The number of rotatable bonds is 5. The Bertz CT molecular complexity index is 353. The second-order valence-corrected chi connectivity index (χ2v) is 5.58. The van der Waals surface area contributed by atoms with Gasteiger partial charge >= 0.3 is 0 Å². The fraction of sp³-hybridized carbons (Fsp3) is 0.500. The van der Waals surface area contributed by atoms with Gasteiger partial charge in [0.2, 0.25) is 0 Å². The largest absolute Gasteiger partial charge is 0.383 e. The maximum atomic E-state index is 13.4. The lowest BCUT2D eigenvalue weighted by atomic mass is 9.90. The van der Waals surface area contributed by atoms with Crippen molar-refractivity contribution in [1.82, 2.24) is 0 Å². The lowest BCUT2D eigenvalue weighted by Gasteiger charge is -2.22. The number of nitrogens with two attached hydrogens (primary N) is 1. The van der Waals surface area contributed by atoms with Crippen LogP contribution in [-0.2, 0) is 0 Å². The predicted molar refractivity (Wildman–Crippen MR) is 70.0 cm³/mol. The Morgan fingerprint density at radius 3 is 2.75 bits per heavy atom. The molecule has 2 nitrogen and oxygen atoms in total. The average molecular weight is 289 g/mol. The quantitative estimate of drug-likeness (QED) is 0.872. The molecule has 1 rings (SSSR count). The Balaban J connectivity index is 2.52. The highest BCUT2D eigenvalue weighted by molar-refractivity contribution is 9.10. The number of hydrogen-bond acceptors (Lipinski definition) is 2. The molecule has 0 saturated heterocycles. The van der Waals surface area contributed by atoms with Crippen LogP contribution in [0.5, 0.6) is 0 Å². The van der Waals surface area contributed by atoms with Gasteiger partial charge in [-0.3, -0.25) is 0 Å². The Hall–Kier alpha value is -0.610. The third-order valence-corrected chi connectivity index (χ3v) is 3.09. The van der Waals surface area contributed by atoms with E-state index >= 15 is 0 Å². The lowest BCUT2D eigenvalue weighted by Crippen LogP contribution is -2.26. The molecule has 0 atom stereocenters. The van der Waals surface area contributed by atoms with E-state index in [9.17, 15) is 4.39 Å². The first kappa shape index (κ1) is 13.5. The normalized spacial score (nSPS) is 11.6. The first-order valence-corrected chi connectivity index (χ1v) is 6.13. The van der Waals surface area contributed by atoms with Crippen molar-refractivity contribution in [3.8, 4) is 0 Å². The van der Waals surface area contributed by atoms with E-state index in [0.717, 1.165) is 17.4 Å². The Labute approximate surface area is 105 Å². The zero-order valence-electron chi connectivity index (χ0n) is 9.69. The highest BCUT2D eigenvalue weighted by Gasteiger charge is 2.14. The van der Waals surface area contributed by atoms with Crippen LogP contribution in [0, 0.1) is 11.2 Å². The van der Waals surface area contributed by atoms with E-state index in [1.165, 1.54) is 6.07 Å². The summed E-state index contributed by atoms with van der Waals surface area (Å²) in [5, 5.41) is 3.08. The van der Waals surface area contributed by atoms with Crippen LogP contribution in [0.25, 0.3) is 0 Å². The number of halogens is 2. The SMILES string of the molecule is CC(C)(CN)CCNc1cc(Br)ccc1F. The summed E-state index contributed by atoms with van der Waals surface area (Å²) in [4.78, 5) is 0. The van der Waals surface area contributed by atoms with Crippen molar-refractivity contribution in [3.63, 3.8) is 0 Å². The van der Waals surface area contributed by atoms with Gasteiger partial charge in [0.1, 0.15) is 5.82 Å². The van der Waals surface area contributed by atoms with E-state index in [1.54, 1.807) is 12.1 Å². The van der Waals surface area contributed by atoms with Crippen LogP contribution in [-0.4, -0.2) is 13.1 Å². The highest BCUT2D eigenvalue weighted by Crippen LogP contribution is 2.22. The van der Waals surface area contributed by atoms with Crippen LogP contribution in [0.4, 0.5) is 10.1 Å². The molecule has 0 spiro atoms. The smallest absolute Gasteiger partial charge is 0.146 e. The summed E-state index contributed by atoms with van der Waals surface area (Å²) in [7, 11) is 0. The summed E-state index contributed by atoms with van der Waals surface area (Å²) < 4.78 is 14.2. The molecule has 0 aromatic heterocycles. The standard InChI is InChI=1S/C12H18BrFN2/c1-12(2,8-15)5-6-16-11-7-9(13)3-4-10(11)14/h3-4,7,16H,5-6,8,15H2,1-2H3. The first-order valence-electron chi connectivity index (χ1n) is 5.33. The van der Waals surface area contributed by atoms with Crippen LogP contribution in [0.15, 0.2) is 22.7 Å². The fourth-order valence-corrected chi connectivity index (χ4v) is 1.63. The van der Waals surface area contributed by atoms with Crippen molar-refractivity contribution >= 4 is 21.6 Å². The summed E-state index contributed by atoms with van der Waals surface area (Å²) in [5.74, 6) is -0.228. The molecular weight excluding hydrogens is 271 g/mol. The molecule has 0 aliphatic carbocycles. The molecule has 0 aliphatic heterocycles. The van der Waals surface area contributed by atoms with Gasteiger partial charge in [-0.25, -0.2) is 4.39 Å². The van der Waals surface area contributed by atoms with Crippen LogP contribution in [0.3, 0.4) is 0 Å². The van der Waals surface area contributed by atoms with E-state index in [2.05, 4.69) is 35.1 Å². The molecule has 0 amide bonds. The molecule has 1 aromatic rings.